The SMILES string of the molecule is COc1ccc(S(=O)(=O)[O-])cc1N=Nc1c(S(=O)(=O)[O-])cc2c(S(=O)(=O)O)c(N=c3nc(Nc4ccc5c(OS(=O)(=O)c6ccc(C)cc6)cc(S(=O)(=O)[O-])cc5c4)nc(Cl)[nH]3)ccc2c1[O-].[Na+].[Na+].[Na+].[Na+]. The molecule has 0 aliphatic carbocycles. The molecule has 7 rings (SSSR count). The van der Waals surface area contributed by atoms with E-state index in [1.54, 1.807) is 6.92 Å². The molecule has 34 heteroatoms. The van der Waals surface area contributed by atoms with Crippen LogP contribution in [0.2, 0.25) is 5.28 Å². The Morgan fingerprint density at radius 3 is 1.87 bits per heavy atom. The van der Waals surface area contributed by atoms with Gasteiger partial charge in [-0.25, -0.2) is 30.2 Å². The van der Waals surface area contributed by atoms with Gasteiger partial charge >= 0.3 is 128 Å². The van der Waals surface area contributed by atoms with Gasteiger partial charge in [0, 0.05) is 22.5 Å². The van der Waals surface area contributed by atoms with Gasteiger partial charge in [-0.1, -0.05) is 29.5 Å². The average molecular weight is 1130 g/mol. The topological polar surface area (TPSA) is 392 Å². The number of methoxy groups -OCH3 is 1. The summed E-state index contributed by atoms with van der Waals surface area (Å²) in [4.78, 5) is 9.89. The summed E-state index contributed by atoms with van der Waals surface area (Å²) < 4.78 is 181. The van der Waals surface area contributed by atoms with Crippen molar-refractivity contribution in [3.63, 3.8) is 0 Å². The van der Waals surface area contributed by atoms with Gasteiger partial charge in [0.05, 0.1) is 33.2 Å². The molecule has 24 nitrogen and oxygen atoms in total. The van der Waals surface area contributed by atoms with Crippen LogP contribution >= 0.6 is 11.6 Å². The summed E-state index contributed by atoms with van der Waals surface area (Å²) in [5, 5.41) is 21.6. The molecule has 0 unspecified atom stereocenters. The molecule has 1 heterocycles. The van der Waals surface area contributed by atoms with Crippen molar-refractivity contribution in [2.24, 2.45) is 15.2 Å². The summed E-state index contributed by atoms with van der Waals surface area (Å²) >= 11 is 6.18. The Kier molecular flexibility index (Phi) is 21.1. The number of azo groups is 1. The van der Waals surface area contributed by atoms with Crippen LogP contribution in [0.15, 0.2) is 131 Å². The van der Waals surface area contributed by atoms with Crippen LogP contribution in [-0.4, -0.2) is 82.4 Å². The molecule has 1 aromatic heterocycles. The van der Waals surface area contributed by atoms with Crippen molar-refractivity contribution in [2.45, 2.75) is 31.4 Å². The minimum absolute atomic E-state index is 0. The van der Waals surface area contributed by atoms with Gasteiger partial charge in [-0.15, -0.1) is 10.2 Å². The number of H-pyrrole nitrogens is 1. The van der Waals surface area contributed by atoms with E-state index in [0.29, 0.717) is 12.1 Å². The first kappa shape index (κ1) is 62.6. The number of aryl methyl sites for hydroxylation is 1. The third kappa shape index (κ3) is 14.6. The first-order valence-electron chi connectivity index (χ1n) is 17.9. The quantitative estimate of drug-likeness (QED) is 0.0418. The van der Waals surface area contributed by atoms with Gasteiger partial charge in [0.15, 0.2) is 5.75 Å². The van der Waals surface area contributed by atoms with E-state index in [1.165, 1.54) is 42.5 Å². The molecule has 0 amide bonds. The van der Waals surface area contributed by atoms with Gasteiger partial charge in [0.2, 0.25) is 16.9 Å². The van der Waals surface area contributed by atoms with Crippen molar-refractivity contribution in [3.05, 3.63) is 107 Å². The third-order valence-corrected chi connectivity index (χ3v) is 14.0. The monoisotopic (exact) mass is 1120 g/mol. The largest absolute Gasteiger partial charge is 1.00 e. The van der Waals surface area contributed by atoms with Gasteiger partial charge in [0.1, 0.15) is 51.6 Å². The minimum atomic E-state index is -5.74. The second-order valence-electron chi connectivity index (χ2n) is 13.7. The standard InChI is InChI=1S/C37H28ClN7O17S5.4Na/c1-18-3-6-21(7-4-18)67(59,60)62-30-16-23(64(50,51)52)14-19-13-20(5-9-24(19)30)39-36-41-35(38)42-37(43-36)40-27-11-10-25-26(34(27)66(56,57)58)17-31(65(53,54)55)32(33(25)46)45-44-28-15-22(63(47,48)49)8-12-29(28)61-2;;;;/h3-17,46H,1-2H3,(H,47,48,49)(H,50,51,52)(H,53,54,55)(H,56,57,58)(H2,39,40,41,42,43);;;;/q;4*+1/p-4. The predicted octanol–water partition coefficient (Wildman–Crippen LogP) is -7.71. The number of benzene rings is 6. The molecular weight excluding hydrogens is 1100 g/mol. The van der Waals surface area contributed by atoms with Crippen molar-refractivity contribution < 1.29 is 193 Å². The molecule has 7 aromatic rings. The summed E-state index contributed by atoms with van der Waals surface area (Å²) in [6.07, 6.45) is 0. The van der Waals surface area contributed by atoms with Crippen molar-refractivity contribution in [2.75, 3.05) is 12.4 Å². The molecule has 0 aliphatic heterocycles. The van der Waals surface area contributed by atoms with E-state index >= 15 is 0 Å². The molecule has 0 saturated heterocycles. The Hall–Kier alpha value is -2.67. The van der Waals surface area contributed by atoms with Crippen LogP contribution in [0.4, 0.5) is 28.7 Å². The first-order chi connectivity index (χ1) is 31.1. The molecule has 0 radical (unpaired) electrons. The molecule has 6 aromatic carbocycles. The molecule has 3 N–H and O–H groups in total. The zero-order valence-electron chi connectivity index (χ0n) is 37.3. The molecule has 350 valence electrons. The fraction of sp³-hybridized carbons (Fsp3) is 0.0541. The first-order valence-corrected chi connectivity index (χ1v) is 25.4. The van der Waals surface area contributed by atoms with Crippen molar-refractivity contribution in [1.82, 2.24) is 15.0 Å². The number of aromatic nitrogens is 3. The molecule has 0 aliphatic rings. The fourth-order valence-electron chi connectivity index (χ4n) is 6.21. The molecule has 0 fully saturated rings. The summed E-state index contributed by atoms with van der Waals surface area (Å²) in [6, 6.07) is 15.8. The number of halogens is 1. The number of ether oxygens (including phenoxy) is 1. The second kappa shape index (κ2) is 23.9. The Balaban J connectivity index is 0.00000333. The number of aromatic amines is 1. The molecular formula is C37H24ClN7Na4O17S5. The maximum absolute atomic E-state index is 13.7. The predicted molar refractivity (Wildman–Crippen MR) is 227 cm³/mol. The molecule has 0 bridgehead atoms. The van der Waals surface area contributed by atoms with Crippen LogP contribution < -0.4 is 143 Å². The number of nitrogens with one attached hydrogen (secondary N) is 2. The van der Waals surface area contributed by atoms with E-state index in [9.17, 15) is 65.4 Å². The summed E-state index contributed by atoms with van der Waals surface area (Å²) in [7, 11) is -24.9. The summed E-state index contributed by atoms with van der Waals surface area (Å²) in [6.45, 7) is 1.72. The number of hydrogen-bond donors (Lipinski definition) is 3. The van der Waals surface area contributed by atoms with Gasteiger partial charge in [-0.3, -0.25) is 9.54 Å². The van der Waals surface area contributed by atoms with E-state index in [2.05, 4.69) is 35.5 Å². The van der Waals surface area contributed by atoms with Crippen LogP contribution in [0.3, 0.4) is 0 Å². The van der Waals surface area contributed by atoms with Crippen LogP contribution in [0, 0.1) is 6.92 Å². The fourth-order valence-corrected chi connectivity index (χ4v) is 9.78. The van der Waals surface area contributed by atoms with Gasteiger partial charge in [-0.2, -0.15) is 26.8 Å². The number of hydrogen-bond acceptors (Lipinski definition) is 22. The van der Waals surface area contributed by atoms with E-state index in [-0.39, 0.29) is 145 Å². The number of rotatable bonds is 13. The normalized spacial score (nSPS) is 12.4. The number of fused-ring (bicyclic) bond motifs is 2. The zero-order valence-corrected chi connectivity index (χ0v) is 50.1. The van der Waals surface area contributed by atoms with Crippen molar-refractivity contribution >= 4 is 112 Å². The van der Waals surface area contributed by atoms with E-state index in [0.717, 1.165) is 49.1 Å². The Morgan fingerprint density at radius 1 is 0.662 bits per heavy atom. The van der Waals surface area contributed by atoms with E-state index in [1.807, 2.05) is 0 Å². The number of anilines is 2. The molecule has 0 saturated carbocycles. The van der Waals surface area contributed by atoms with E-state index < -0.39 is 126 Å². The number of nitrogens with zero attached hydrogens (tertiary/aromatic N) is 5. The smallest absolute Gasteiger partial charge is 0.871 e. The van der Waals surface area contributed by atoms with Crippen LogP contribution in [0.5, 0.6) is 17.2 Å². The van der Waals surface area contributed by atoms with Crippen LogP contribution in [-0.2, 0) is 50.6 Å². The van der Waals surface area contributed by atoms with Gasteiger partial charge < -0.3 is 33.0 Å². The van der Waals surface area contributed by atoms with Crippen LogP contribution in [0.1, 0.15) is 5.56 Å². The zero-order chi connectivity index (χ0) is 49.0. The maximum Gasteiger partial charge on any atom is 1.00 e. The van der Waals surface area contributed by atoms with Gasteiger partial charge in [-0.05, 0) is 96.0 Å². The summed E-state index contributed by atoms with van der Waals surface area (Å²) in [5.74, 6) is -2.54. The Labute approximate surface area is 497 Å². The van der Waals surface area contributed by atoms with Gasteiger partial charge in [0.25, 0.3) is 10.1 Å². The summed E-state index contributed by atoms with van der Waals surface area (Å²) in [5.41, 5.74) is -2.19. The minimum Gasteiger partial charge on any atom is -0.871 e. The van der Waals surface area contributed by atoms with Crippen molar-refractivity contribution in [1.29, 1.82) is 0 Å². The Morgan fingerprint density at radius 2 is 1.28 bits per heavy atom. The van der Waals surface area contributed by atoms with Crippen LogP contribution in [0.25, 0.3) is 21.5 Å². The van der Waals surface area contributed by atoms with E-state index in [4.69, 9.17) is 20.5 Å². The second-order valence-corrected chi connectivity index (χ2v) is 21.0. The Bertz CT molecular complexity index is 3930. The average Bonchev–Trinajstić information content (AvgIpc) is 3.21. The molecule has 0 atom stereocenters. The molecule has 0 spiro atoms. The van der Waals surface area contributed by atoms with Crippen molar-refractivity contribution in [3.8, 4) is 17.2 Å². The maximum atomic E-state index is 13.7. The molecule has 71 heavy (non-hydrogen) atoms. The third-order valence-electron chi connectivity index (χ3n) is 9.17.